The third-order valence-corrected chi connectivity index (χ3v) is 4.92. The number of hydrogen-bond donors (Lipinski definition) is 1. The first-order valence-corrected chi connectivity index (χ1v) is 10.1. The normalized spacial score (nSPS) is 15.6. The van der Waals surface area contributed by atoms with Crippen LogP contribution in [0.5, 0.6) is 11.5 Å². The monoisotopic (exact) mass is 428 g/mol. The number of nitrogens with zero attached hydrogens (tertiary/aromatic N) is 1. The lowest BCUT2D eigenvalue weighted by Crippen LogP contribution is -2.54. The van der Waals surface area contributed by atoms with Gasteiger partial charge in [-0.25, -0.2) is 0 Å². The van der Waals surface area contributed by atoms with E-state index in [0.29, 0.717) is 36.9 Å². The molecule has 2 aromatic carbocycles. The minimum absolute atomic E-state index is 0.0185. The highest BCUT2D eigenvalue weighted by Crippen LogP contribution is 2.33. The predicted molar refractivity (Wildman–Crippen MR) is 119 cm³/mol. The van der Waals surface area contributed by atoms with Crippen LogP contribution in [0.25, 0.3) is 16.8 Å². The molecule has 0 unspecified atom stereocenters. The van der Waals surface area contributed by atoms with Crippen LogP contribution in [0.15, 0.2) is 35.9 Å². The molecule has 1 aliphatic rings. The molecule has 2 amide bonds. The van der Waals surface area contributed by atoms with E-state index in [1.807, 2.05) is 44.2 Å². The minimum Gasteiger partial charge on any atom is -0.494 e. The molecule has 0 saturated carbocycles. The van der Waals surface area contributed by atoms with Crippen molar-refractivity contribution in [1.82, 2.24) is 10.2 Å². The lowest BCUT2D eigenvalue weighted by molar-refractivity contribution is -0.129. The molecule has 1 fully saturated rings. The molecule has 0 radical (unpaired) electrons. The van der Waals surface area contributed by atoms with Gasteiger partial charge in [0.15, 0.2) is 5.11 Å². The van der Waals surface area contributed by atoms with Crippen molar-refractivity contribution in [3.05, 3.63) is 41.5 Å². The highest BCUT2D eigenvalue weighted by atomic mass is 32.1. The van der Waals surface area contributed by atoms with Crippen LogP contribution < -0.4 is 14.8 Å². The molecule has 158 valence electrons. The van der Waals surface area contributed by atoms with E-state index >= 15 is 0 Å². The number of ether oxygens (including phenoxy) is 3. The number of carbonyl (C=O) groups excluding carboxylic acids is 2. The maximum atomic E-state index is 13.0. The van der Waals surface area contributed by atoms with E-state index in [2.05, 4.69) is 5.32 Å². The third kappa shape index (κ3) is 4.44. The molecule has 7 nitrogen and oxygen atoms in total. The van der Waals surface area contributed by atoms with Crippen molar-refractivity contribution in [2.24, 2.45) is 0 Å². The van der Waals surface area contributed by atoms with Crippen molar-refractivity contribution < 1.29 is 23.8 Å². The summed E-state index contributed by atoms with van der Waals surface area (Å²) in [5.41, 5.74) is 0.615. The first-order valence-electron chi connectivity index (χ1n) is 9.70. The standard InChI is InChI=1S/C22H24N2O5S/c1-4-28-15-8-6-14-7-9-19(29-5-2)17(16(14)12-15)13-18-20(25)23-22(30)24(21(18)26)10-11-27-3/h6-9,12-13H,4-5,10-11H2,1-3H3,(H,23,25,30)/b18-13+. The maximum Gasteiger partial charge on any atom is 0.265 e. The Bertz CT molecular complexity index is 1010. The second-order valence-electron chi connectivity index (χ2n) is 6.49. The molecular formula is C22H24N2O5S. The highest BCUT2D eigenvalue weighted by Gasteiger charge is 2.33. The molecule has 0 spiro atoms. The molecule has 1 heterocycles. The molecule has 0 bridgehead atoms. The number of amides is 2. The summed E-state index contributed by atoms with van der Waals surface area (Å²) in [5.74, 6) is 0.254. The van der Waals surface area contributed by atoms with Gasteiger partial charge in [0.2, 0.25) is 0 Å². The quantitative estimate of drug-likeness (QED) is 0.396. The van der Waals surface area contributed by atoms with Crippen LogP contribution in [-0.4, -0.2) is 55.3 Å². The van der Waals surface area contributed by atoms with Crippen LogP contribution in [0.3, 0.4) is 0 Å². The van der Waals surface area contributed by atoms with Crippen molar-refractivity contribution >= 4 is 46.0 Å². The SMILES string of the molecule is CCOc1ccc2ccc(OCC)c(/C=C3\C(=O)NC(=S)N(CCOC)C3=O)c2c1. The molecule has 8 heteroatoms. The van der Waals surface area contributed by atoms with Gasteiger partial charge in [-0.3, -0.25) is 19.8 Å². The van der Waals surface area contributed by atoms with Gasteiger partial charge in [-0.2, -0.15) is 0 Å². The van der Waals surface area contributed by atoms with Gasteiger partial charge in [-0.1, -0.05) is 12.1 Å². The summed E-state index contributed by atoms with van der Waals surface area (Å²) in [6.07, 6.45) is 1.56. The largest absolute Gasteiger partial charge is 0.494 e. The van der Waals surface area contributed by atoms with Crippen molar-refractivity contribution in [2.45, 2.75) is 13.8 Å². The van der Waals surface area contributed by atoms with Crippen LogP contribution in [0.1, 0.15) is 19.4 Å². The number of thiocarbonyl (C=S) groups is 1. The Kier molecular flexibility index (Phi) is 7.02. The van der Waals surface area contributed by atoms with Crippen LogP contribution >= 0.6 is 12.2 Å². The third-order valence-electron chi connectivity index (χ3n) is 4.60. The Morgan fingerprint density at radius 1 is 1.10 bits per heavy atom. The number of hydrogen-bond acceptors (Lipinski definition) is 6. The Hall–Kier alpha value is -2.97. The molecule has 0 atom stereocenters. The van der Waals surface area contributed by atoms with Gasteiger partial charge in [0.25, 0.3) is 11.8 Å². The first kappa shape index (κ1) is 21.7. The molecule has 1 N–H and O–H groups in total. The van der Waals surface area contributed by atoms with E-state index in [1.54, 1.807) is 6.08 Å². The number of benzene rings is 2. The Labute approximate surface area is 180 Å². The summed E-state index contributed by atoms with van der Waals surface area (Å²) in [6.45, 7) is 5.30. The van der Waals surface area contributed by atoms with Crippen molar-refractivity contribution in [1.29, 1.82) is 0 Å². The van der Waals surface area contributed by atoms with Crippen LogP contribution in [-0.2, 0) is 14.3 Å². The van der Waals surface area contributed by atoms with Gasteiger partial charge in [0.05, 0.1) is 26.4 Å². The van der Waals surface area contributed by atoms with Gasteiger partial charge in [0.1, 0.15) is 17.1 Å². The summed E-state index contributed by atoms with van der Waals surface area (Å²) >= 11 is 5.15. The summed E-state index contributed by atoms with van der Waals surface area (Å²) < 4.78 is 16.5. The molecule has 3 rings (SSSR count). The van der Waals surface area contributed by atoms with Gasteiger partial charge in [0, 0.05) is 12.7 Å². The minimum atomic E-state index is -0.543. The number of carbonyl (C=O) groups is 2. The lowest BCUT2D eigenvalue weighted by Gasteiger charge is -2.28. The maximum absolute atomic E-state index is 13.0. The van der Waals surface area contributed by atoms with E-state index in [-0.39, 0.29) is 17.2 Å². The van der Waals surface area contributed by atoms with Crippen molar-refractivity contribution in [3.8, 4) is 11.5 Å². The molecular weight excluding hydrogens is 404 g/mol. The predicted octanol–water partition coefficient (Wildman–Crippen LogP) is 2.91. The zero-order valence-electron chi connectivity index (χ0n) is 17.2. The van der Waals surface area contributed by atoms with Gasteiger partial charge >= 0.3 is 0 Å². The molecule has 1 saturated heterocycles. The summed E-state index contributed by atoms with van der Waals surface area (Å²) in [6, 6.07) is 9.46. The lowest BCUT2D eigenvalue weighted by atomic mass is 9.99. The van der Waals surface area contributed by atoms with Gasteiger partial charge < -0.3 is 14.2 Å². The molecule has 0 aliphatic carbocycles. The Morgan fingerprint density at radius 2 is 1.83 bits per heavy atom. The van der Waals surface area contributed by atoms with Gasteiger partial charge in [-0.15, -0.1) is 0 Å². The number of rotatable bonds is 8. The van der Waals surface area contributed by atoms with E-state index in [9.17, 15) is 9.59 Å². The van der Waals surface area contributed by atoms with Crippen LogP contribution in [0.4, 0.5) is 0 Å². The van der Waals surface area contributed by atoms with E-state index < -0.39 is 11.8 Å². The zero-order valence-corrected chi connectivity index (χ0v) is 18.0. The smallest absolute Gasteiger partial charge is 0.265 e. The second-order valence-corrected chi connectivity index (χ2v) is 6.88. The Balaban J connectivity index is 2.15. The van der Waals surface area contributed by atoms with E-state index in [4.69, 9.17) is 26.4 Å². The zero-order chi connectivity index (χ0) is 21.7. The summed E-state index contributed by atoms with van der Waals surface area (Å²) in [5, 5.41) is 4.40. The van der Waals surface area contributed by atoms with Crippen LogP contribution in [0, 0.1) is 0 Å². The van der Waals surface area contributed by atoms with Crippen molar-refractivity contribution in [2.75, 3.05) is 33.5 Å². The number of methoxy groups -OCH3 is 1. The van der Waals surface area contributed by atoms with Gasteiger partial charge in [-0.05, 0) is 61.1 Å². The fourth-order valence-corrected chi connectivity index (χ4v) is 3.48. The molecule has 2 aromatic rings. The summed E-state index contributed by atoms with van der Waals surface area (Å²) in [4.78, 5) is 26.9. The average Bonchev–Trinajstić information content (AvgIpc) is 2.72. The summed E-state index contributed by atoms with van der Waals surface area (Å²) in [7, 11) is 1.53. The molecule has 1 aliphatic heterocycles. The average molecular weight is 429 g/mol. The second kappa shape index (κ2) is 9.69. The van der Waals surface area contributed by atoms with E-state index in [1.165, 1.54) is 12.0 Å². The molecule has 30 heavy (non-hydrogen) atoms. The topological polar surface area (TPSA) is 77.1 Å². The number of fused-ring (bicyclic) bond motifs is 1. The Morgan fingerprint density at radius 3 is 2.53 bits per heavy atom. The highest BCUT2D eigenvalue weighted by molar-refractivity contribution is 7.80. The first-order chi connectivity index (χ1) is 14.5. The fraction of sp³-hybridized carbons (Fsp3) is 0.318. The van der Waals surface area contributed by atoms with E-state index in [0.717, 1.165) is 10.8 Å². The molecule has 0 aromatic heterocycles. The van der Waals surface area contributed by atoms with Crippen LogP contribution in [0.2, 0.25) is 0 Å². The van der Waals surface area contributed by atoms with Crippen molar-refractivity contribution in [3.63, 3.8) is 0 Å². The number of nitrogens with one attached hydrogen (secondary N) is 1. The fourth-order valence-electron chi connectivity index (χ4n) is 3.21.